The number of rotatable bonds is 5. The van der Waals surface area contributed by atoms with Crippen LogP contribution in [0.1, 0.15) is 0 Å². The molecule has 2 N–H and O–H groups in total. The second-order valence-electron chi connectivity index (χ2n) is 7.04. The van der Waals surface area contributed by atoms with Crippen molar-refractivity contribution >= 4 is 11.0 Å². The first-order chi connectivity index (χ1) is 13.8. The minimum atomic E-state index is -0.158. The summed E-state index contributed by atoms with van der Waals surface area (Å²) in [6, 6.07) is 17.8. The average molecular weight is 372 g/mol. The predicted octanol–water partition coefficient (Wildman–Crippen LogP) is 2.98. The van der Waals surface area contributed by atoms with Crippen LogP contribution in [0.2, 0.25) is 0 Å². The van der Waals surface area contributed by atoms with Gasteiger partial charge in [0.1, 0.15) is 16.8 Å². The Kier molecular flexibility index (Phi) is 4.18. The Morgan fingerprint density at radius 3 is 2.57 bits per heavy atom. The van der Waals surface area contributed by atoms with Gasteiger partial charge in [-0.3, -0.25) is 4.79 Å². The molecule has 0 atom stereocenters. The molecule has 140 valence electrons. The van der Waals surface area contributed by atoms with Crippen LogP contribution in [-0.2, 0) is 0 Å². The topological polar surface area (TPSA) is 71.9 Å². The summed E-state index contributed by atoms with van der Waals surface area (Å²) in [5, 5.41) is 3.25. The maximum absolute atomic E-state index is 12.5. The van der Waals surface area contributed by atoms with Crippen molar-refractivity contribution in [2.24, 2.45) is 5.92 Å². The molecule has 0 amide bonds. The Hall–Kier alpha value is -3.38. The van der Waals surface area contributed by atoms with Gasteiger partial charge in [-0.1, -0.05) is 30.3 Å². The fourth-order valence-corrected chi connectivity index (χ4v) is 3.48. The van der Waals surface area contributed by atoms with Crippen LogP contribution in [0.4, 0.5) is 0 Å². The van der Waals surface area contributed by atoms with Gasteiger partial charge in [0.2, 0.25) is 0 Å². The average Bonchev–Trinajstić information content (AvgIpc) is 3.09. The molecule has 5 rings (SSSR count). The molecule has 6 nitrogen and oxygen atoms in total. The number of aromatic amines is 1. The van der Waals surface area contributed by atoms with Crippen LogP contribution in [-0.4, -0.2) is 34.2 Å². The van der Waals surface area contributed by atoms with Gasteiger partial charge in [-0.15, -0.1) is 0 Å². The first kappa shape index (κ1) is 16.8. The molecule has 1 fully saturated rings. The summed E-state index contributed by atoms with van der Waals surface area (Å²) in [5.41, 5.74) is 3.90. The molecule has 1 aliphatic heterocycles. The number of hydrogen-bond acceptors (Lipinski definition) is 4. The number of para-hydroxylation sites is 1. The molecule has 0 radical (unpaired) electrons. The minimum Gasteiger partial charge on any atom is -0.493 e. The fourth-order valence-electron chi connectivity index (χ4n) is 3.48. The lowest BCUT2D eigenvalue weighted by Crippen LogP contribution is -2.45. The van der Waals surface area contributed by atoms with Crippen molar-refractivity contribution in [1.29, 1.82) is 0 Å². The molecular weight excluding hydrogens is 352 g/mol. The van der Waals surface area contributed by atoms with E-state index in [0.29, 0.717) is 17.0 Å². The number of H-pyrrole nitrogens is 1. The van der Waals surface area contributed by atoms with Gasteiger partial charge >= 0.3 is 0 Å². The molecule has 3 heterocycles. The largest absolute Gasteiger partial charge is 0.493 e. The second-order valence-corrected chi connectivity index (χ2v) is 7.04. The molecular formula is C22H20N4O2. The van der Waals surface area contributed by atoms with Crippen LogP contribution in [0.3, 0.4) is 0 Å². The third-order valence-corrected chi connectivity index (χ3v) is 5.13. The molecule has 0 aliphatic carbocycles. The molecule has 0 bridgehead atoms. The minimum absolute atomic E-state index is 0.158. The molecule has 0 saturated carbocycles. The maximum Gasteiger partial charge on any atom is 0.275 e. The monoisotopic (exact) mass is 372 g/mol. The first-order valence-corrected chi connectivity index (χ1v) is 9.38. The van der Waals surface area contributed by atoms with Gasteiger partial charge in [0, 0.05) is 36.5 Å². The van der Waals surface area contributed by atoms with Crippen molar-refractivity contribution in [2.45, 2.75) is 0 Å². The Balaban J connectivity index is 1.54. The highest BCUT2D eigenvalue weighted by Gasteiger charge is 2.18. The van der Waals surface area contributed by atoms with Crippen LogP contribution in [0.5, 0.6) is 5.75 Å². The molecule has 2 aromatic carbocycles. The van der Waals surface area contributed by atoms with Crippen molar-refractivity contribution in [3.05, 3.63) is 77.5 Å². The molecule has 6 heteroatoms. The van der Waals surface area contributed by atoms with Gasteiger partial charge in [0.25, 0.3) is 5.56 Å². The van der Waals surface area contributed by atoms with Crippen LogP contribution in [0, 0.1) is 5.92 Å². The molecule has 4 aromatic rings. The normalized spacial score (nSPS) is 14.1. The third-order valence-electron chi connectivity index (χ3n) is 5.13. The van der Waals surface area contributed by atoms with Crippen molar-refractivity contribution < 1.29 is 4.74 Å². The first-order valence-electron chi connectivity index (χ1n) is 9.38. The van der Waals surface area contributed by atoms with E-state index in [1.165, 1.54) is 6.33 Å². The van der Waals surface area contributed by atoms with Gasteiger partial charge in [0.05, 0.1) is 12.9 Å². The lowest BCUT2D eigenvalue weighted by atomic mass is 10.1. The van der Waals surface area contributed by atoms with E-state index in [2.05, 4.69) is 15.3 Å². The van der Waals surface area contributed by atoms with Gasteiger partial charge in [-0.05, 0) is 29.8 Å². The highest BCUT2D eigenvalue weighted by molar-refractivity contribution is 5.93. The Bertz CT molecular complexity index is 1160. The van der Waals surface area contributed by atoms with E-state index < -0.39 is 0 Å². The highest BCUT2D eigenvalue weighted by Crippen LogP contribution is 2.30. The zero-order chi connectivity index (χ0) is 18.9. The van der Waals surface area contributed by atoms with Crippen molar-refractivity contribution in [3.63, 3.8) is 0 Å². The molecule has 28 heavy (non-hydrogen) atoms. The number of ether oxygens (including phenoxy) is 1. The SMILES string of the molecule is O=c1[nH]cnc2c(-c3ccc(OCC4CNC4)cc3)cn(-c3ccccc3)c12. The lowest BCUT2D eigenvalue weighted by molar-refractivity contribution is 0.199. The van der Waals surface area contributed by atoms with E-state index in [0.717, 1.165) is 42.3 Å². The van der Waals surface area contributed by atoms with Crippen LogP contribution in [0.15, 0.2) is 71.9 Å². The van der Waals surface area contributed by atoms with Crippen molar-refractivity contribution in [1.82, 2.24) is 19.9 Å². The van der Waals surface area contributed by atoms with Crippen molar-refractivity contribution in [2.75, 3.05) is 19.7 Å². The van der Waals surface area contributed by atoms with Gasteiger partial charge in [-0.2, -0.15) is 0 Å². The summed E-state index contributed by atoms with van der Waals surface area (Å²) in [7, 11) is 0. The lowest BCUT2D eigenvalue weighted by Gasteiger charge is -2.26. The molecule has 0 unspecified atom stereocenters. The zero-order valence-electron chi connectivity index (χ0n) is 15.3. The van der Waals surface area contributed by atoms with E-state index in [1.54, 1.807) is 0 Å². The maximum atomic E-state index is 12.5. The Labute approximate surface area is 161 Å². The van der Waals surface area contributed by atoms with Crippen molar-refractivity contribution in [3.8, 4) is 22.6 Å². The molecule has 2 aromatic heterocycles. The number of fused-ring (bicyclic) bond motifs is 1. The Morgan fingerprint density at radius 2 is 1.86 bits per heavy atom. The summed E-state index contributed by atoms with van der Waals surface area (Å²) in [4.78, 5) is 19.6. The highest BCUT2D eigenvalue weighted by atomic mass is 16.5. The summed E-state index contributed by atoms with van der Waals surface area (Å²) in [6.45, 7) is 2.78. The number of benzene rings is 2. The van der Waals surface area contributed by atoms with E-state index >= 15 is 0 Å². The Morgan fingerprint density at radius 1 is 1.07 bits per heavy atom. The molecule has 1 saturated heterocycles. The van der Waals surface area contributed by atoms with Gasteiger partial charge in [0.15, 0.2) is 0 Å². The third kappa shape index (κ3) is 2.97. The number of nitrogens with one attached hydrogen (secondary N) is 2. The predicted molar refractivity (Wildman–Crippen MR) is 109 cm³/mol. The van der Waals surface area contributed by atoms with Crippen LogP contribution < -0.4 is 15.6 Å². The fraction of sp³-hybridized carbons (Fsp3) is 0.182. The van der Waals surface area contributed by atoms with Crippen LogP contribution in [0.25, 0.3) is 27.8 Å². The molecule has 1 aliphatic rings. The van der Waals surface area contributed by atoms with E-state index in [1.807, 2.05) is 65.4 Å². The smallest absolute Gasteiger partial charge is 0.275 e. The van der Waals surface area contributed by atoms with E-state index in [-0.39, 0.29) is 5.56 Å². The standard InChI is InChI=1S/C22H20N4O2/c27-22-21-20(24-14-25-22)19(12-26(21)17-4-2-1-3-5-17)16-6-8-18(9-7-16)28-13-15-10-23-11-15/h1-9,12,14-15,23H,10-11,13H2,(H,24,25,27). The number of nitrogens with zero attached hydrogens (tertiary/aromatic N) is 2. The van der Waals surface area contributed by atoms with Gasteiger partial charge in [-0.25, -0.2) is 4.98 Å². The number of hydrogen-bond donors (Lipinski definition) is 2. The zero-order valence-corrected chi connectivity index (χ0v) is 15.3. The summed E-state index contributed by atoms with van der Waals surface area (Å²) >= 11 is 0. The van der Waals surface area contributed by atoms with E-state index in [9.17, 15) is 4.79 Å². The number of aromatic nitrogens is 3. The second kappa shape index (κ2) is 6.98. The van der Waals surface area contributed by atoms with E-state index in [4.69, 9.17) is 4.74 Å². The summed E-state index contributed by atoms with van der Waals surface area (Å²) in [6.07, 6.45) is 3.42. The van der Waals surface area contributed by atoms with Gasteiger partial charge < -0.3 is 19.6 Å². The molecule has 0 spiro atoms. The summed E-state index contributed by atoms with van der Waals surface area (Å²) < 4.78 is 7.76. The quantitative estimate of drug-likeness (QED) is 0.565. The summed E-state index contributed by atoms with van der Waals surface area (Å²) in [5.74, 6) is 1.45. The van der Waals surface area contributed by atoms with Crippen LogP contribution >= 0.6 is 0 Å².